The first-order chi connectivity index (χ1) is 9.65. The molecular weight excluding hydrogens is 256 g/mol. The minimum atomic E-state index is -0.543. The molecule has 2 aromatic carbocycles. The lowest BCUT2D eigenvalue weighted by atomic mass is 10.0. The number of para-hydroxylation sites is 1. The molecule has 4 heteroatoms. The molecule has 0 heterocycles. The van der Waals surface area contributed by atoms with Crippen LogP contribution < -0.4 is 4.74 Å². The molecule has 0 saturated heterocycles. The maximum Gasteiger partial charge on any atom is 0.341 e. The second kappa shape index (κ2) is 6.10. The minimum Gasteiger partial charge on any atom is -0.507 e. The lowest BCUT2D eigenvalue weighted by molar-refractivity contribution is 0.0597. The van der Waals surface area contributed by atoms with Crippen molar-refractivity contribution in [3.05, 3.63) is 59.2 Å². The summed E-state index contributed by atoms with van der Waals surface area (Å²) in [6, 6.07) is 12.6. The summed E-state index contributed by atoms with van der Waals surface area (Å²) in [4.78, 5) is 11.5. The van der Waals surface area contributed by atoms with Gasteiger partial charge in [0, 0.05) is 6.42 Å². The zero-order chi connectivity index (χ0) is 14.5. The molecule has 0 radical (unpaired) electrons. The van der Waals surface area contributed by atoms with E-state index in [0.717, 1.165) is 11.3 Å². The fourth-order valence-electron chi connectivity index (χ4n) is 1.97. The molecule has 0 aliphatic carbocycles. The summed E-state index contributed by atoms with van der Waals surface area (Å²) in [5, 5.41) is 10.1. The summed E-state index contributed by atoms with van der Waals surface area (Å²) in [5.74, 6) is 0.204. The normalized spacial score (nSPS) is 10.1. The van der Waals surface area contributed by atoms with E-state index in [4.69, 9.17) is 4.74 Å². The molecule has 0 saturated carbocycles. The molecule has 0 fully saturated rings. The highest BCUT2D eigenvalue weighted by molar-refractivity contribution is 5.92. The zero-order valence-corrected chi connectivity index (χ0v) is 11.4. The Bertz CT molecular complexity index is 602. The minimum absolute atomic E-state index is 0.0323. The van der Waals surface area contributed by atoms with Crippen LogP contribution in [0.5, 0.6) is 11.5 Å². The third-order valence-electron chi connectivity index (χ3n) is 3.08. The standard InChI is InChI=1S/C16H16O4/c1-19-13-8-6-11(7-9-13)10-12-4-3-5-14(15(12)17)16(18)20-2/h3-9,17H,10H2,1-2H3. The maximum atomic E-state index is 11.5. The number of hydrogen-bond acceptors (Lipinski definition) is 4. The van der Waals surface area contributed by atoms with Gasteiger partial charge in [-0.05, 0) is 29.3 Å². The van der Waals surface area contributed by atoms with Gasteiger partial charge in [-0.25, -0.2) is 4.79 Å². The number of aromatic hydroxyl groups is 1. The van der Waals surface area contributed by atoms with Gasteiger partial charge in [-0.1, -0.05) is 24.3 Å². The van der Waals surface area contributed by atoms with Crippen molar-refractivity contribution in [3.8, 4) is 11.5 Å². The molecule has 104 valence electrons. The SMILES string of the molecule is COC(=O)c1cccc(Cc2ccc(OC)cc2)c1O. The summed E-state index contributed by atoms with van der Waals surface area (Å²) < 4.78 is 9.73. The van der Waals surface area contributed by atoms with Gasteiger partial charge in [-0.2, -0.15) is 0 Å². The quantitative estimate of drug-likeness (QED) is 0.869. The fraction of sp³-hybridized carbons (Fsp3) is 0.188. The molecule has 0 spiro atoms. The van der Waals surface area contributed by atoms with Gasteiger partial charge < -0.3 is 14.6 Å². The van der Waals surface area contributed by atoms with Crippen LogP contribution in [0.4, 0.5) is 0 Å². The number of phenols is 1. The highest BCUT2D eigenvalue weighted by atomic mass is 16.5. The van der Waals surface area contributed by atoms with Gasteiger partial charge in [0.15, 0.2) is 0 Å². The largest absolute Gasteiger partial charge is 0.507 e. The molecule has 1 N–H and O–H groups in total. The van der Waals surface area contributed by atoms with E-state index in [2.05, 4.69) is 4.74 Å². The molecule has 4 nitrogen and oxygen atoms in total. The van der Waals surface area contributed by atoms with E-state index in [1.807, 2.05) is 24.3 Å². The Kier molecular flexibility index (Phi) is 4.25. The van der Waals surface area contributed by atoms with Crippen LogP contribution in [0.1, 0.15) is 21.5 Å². The summed E-state index contributed by atoms with van der Waals surface area (Å²) in [6.45, 7) is 0. The number of carbonyl (C=O) groups excluding carboxylic acids is 1. The average Bonchev–Trinajstić information content (AvgIpc) is 2.49. The number of rotatable bonds is 4. The van der Waals surface area contributed by atoms with Crippen molar-refractivity contribution in [1.29, 1.82) is 0 Å². The topological polar surface area (TPSA) is 55.8 Å². The highest BCUT2D eigenvalue weighted by Gasteiger charge is 2.14. The predicted molar refractivity (Wildman–Crippen MR) is 75.2 cm³/mol. The predicted octanol–water partition coefficient (Wildman–Crippen LogP) is 2.78. The summed E-state index contributed by atoms with van der Waals surface area (Å²) in [7, 11) is 2.90. The van der Waals surface area contributed by atoms with Crippen LogP contribution in [0, 0.1) is 0 Å². The van der Waals surface area contributed by atoms with Gasteiger partial charge in [-0.3, -0.25) is 0 Å². The van der Waals surface area contributed by atoms with E-state index in [1.165, 1.54) is 7.11 Å². The van der Waals surface area contributed by atoms with E-state index in [9.17, 15) is 9.90 Å². The molecule has 0 atom stereocenters. The van der Waals surface area contributed by atoms with Crippen molar-refractivity contribution in [3.63, 3.8) is 0 Å². The van der Waals surface area contributed by atoms with E-state index < -0.39 is 5.97 Å². The zero-order valence-electron chi connectivity index (χ0n) is 11.4. The van der Waals surface area contributed by atoms with Gasteiger partial charge in [0.1, 0.15) is 17.1 Å². The third kappa shape index (κ3) is 2.91. The fourth-order valence-corrected chi connectivity index (χ4v) is 1.97. The molecule has 0 unspecified atom stereocenters. The van der Waals surface area contributed by atoms with Crippen molar-refractivity contribution in [2.75, 3.05) is 14.2 Å². The molecule has 0 aliphatic heterocycles. The number of benzene rings is 2. The molecule has 0 aromatic heterocycles. The van der Waals surface area contributed by atoms with Gasteiger partial charge in [0.2, 0.25) is 0 Å². The summed E-state index contributed by atoms with van der Waals surface area (Å²) >= 11 is 0. The van der Waals surface area contributed by atoms with Crippen molar-refractivity contribution >= 4 is 5.97 Å². The van der Waals surface area contributed by atoms with Crippen molar-refractivity contribution < 1.29 is 19.4 Å². The molecular formula is C16H16O4. The molecule has 0 aliphatic rings. The van der Waals surface area contributed by atoms with Crippen LogP contribution in [0.2, 0.25) is 0 Å². The Morgan fingerprint density at radius 2 is 1.80 bits per heavy atom. The van der Waals surface area contributed by atoms with Crippen LogP contribution in [0.15, 0.2) is 42.5 Å². The average molecular weight is 272 g/mol. The monoisotopic (exact) mass is 272 g/mol. The first kappa shape index (κ1) is 13.9. The first-order valence-corrected chi connectivity index (χ1v) is 6.17. The molecule has 0 bridgehead atoms. The molecule has 2 rings (SSSR count). The Morgan fingerprint density at radius 1 is 1.10 bits per heavy atom. The smallest absolute Gasteiger partial charge is 0.341 e. The van der Waals surface area contributed by atoms with Crippen LogP contribution in [-0.4, -0.2) is 25.3 Å². The van der Waals surface area contributed by atoms with Crippen molar-refractivity contribution in [2.24, 2.45) is 0 Å². The number of hydrogen-bond donors (Lipinski definition) is 1. The first-order valence-electron chi connectivity index (χ1n) is 6.17. The van der Waals surface area contributed by atoms with Crippen LogP contribution in [0.3, 0.4) is 0 Å². The Morgan fingerprint density at radius 3 is 2.40 bits per heavy atom. The lowest BCUT2D eigenvalue weighted by Crippen LogP contribution is -2.03. The van der Waals surface area contributed by atoms with Crippen molar-refractivity contribution in [1.82, 2.24) is 0 Å². The Labute approximate surface area is 117 Å². The third-order valence-corrected chi connectivity index (χ3v) is 3.08. The van der Waals surface area contributed by atoms with Crippen LogP contribution in [0.25, 0.3) is 0 Å². The van der Waals surface area contributed by atoms with E-state index in [-0.39, 0.29) is 11.3 Å². The van der Waals surface area contributed by atoms with E-state index >= 15 is 0 Å². The van der Waals surface area contributed by atoms with E-state index in [0.29, 0.717) is 12.0 Å². The second-order valence-electron chi connectivity index (χ2n) is 4.33. The van der Waals surface area contributed by atoms with E-state index in [1.54, 1.807) is 25.3 Å². The number of carbonyl (C=O) groups is 1. The Balaban J connectivity index is 2.26. The summed E-state index contributed by atoms with van der Waals surface area (Å²) in [6.07, 6.45) is 0.528. The Hall–Kier alpha value is -2.49. The number of esters is 1. The van der Waals surface area contributed by atoms with Crippen molar-refractivity contribution in [2.45, 2.75) is 6.42 Å². The summed E-state index contributed by atoms with van der Waals surface area (Å²) in [5.41, 5.74) is 1.87. The van der Waals surface area contributed by atoms with Gasteiger partial charge >= 0.3 is 5.97 Å². The second-order valence-corrected chi connectivity index (χ2v) is 4.33. The number of methoxy groups -OCH3 is 2. The number of phenolic OH excluding ortho intramolecular Hbond substituents is 1. The van der Waals surface area contributed by atoms with Crippen LogP contribution >= 0.6 is 0 Å². The number of ether oxygens (including phenoxy) is 2. The molecule has 20 heavy (non-hydrogen) atoms. The van der Waals surface area contributed by atoms with Gasteiger partial charge in [0.05, 0.1) is 14.2 Å². The van der Waals surface area contributed by atoms with Gasteiger partial charge in [0.25, 0.3) is 0 Å². The molecule has 0 amide bonds. The van der Waals surface area contributed by atoms with Crippen LogP contribution in [-0.2, 0) is 11.2 Å². The highest BCUT2D eigenvalue weighted by Crippen LogP contribution is 2.26. The molecule has 2 aromatic rings. The van der Waals surface area contributed by atoms with Gasteiger partial charge in [-0.15, -0.1) is 0 Å². The lowest BCUT2D eigenvalue weighted by Gasteiger charge is -2.09. The maximum absolute atomic E-state index is 11.5.